The summed E-state index contributed by atoms with van der Waals surface area (Å²) in [6.07, 6.45) is 1.62. The zero-order valence-electron chi connectivity index (χ0n) is 10.5. The molecule has 0 bridgehead atoms. The summed E-state index contributed by atoms with van der Waals surface area (Å²) >= 11 is 0. The van der Waals surface area contributed by atoms with Gasteiger partial charge in [0.25, 0.3) is 0 Å². The molecule has 1 heterocycles. The maximum absolute atomic E-state index is 11.6. The van der Waals surface area contributed by atoms with Crippen LogP contribution < -0.4 is 10.6 Å². The van der Waals surface area contributed by atoms with E-state index in [1.807, 2.05) is 13.8 Å². The van der Waals surface area contributed by atoms with Crippen molar-refractivity contribution >= 4 is 17.7 Å². The van der Waals surface area contributed by atoms with Gasteiger partial charge in [0.05, 0.1) is 19.2 Å². The number of carbonyl (C=O) groups is 2. The van der Waals surface area contributed by atoms with Crippen LogP contribution in [-0.4, -0.2) is 39.9 Å². The lowest BCUT2D eigenvalue weighted by Crippen LogP contribution is -2.30. The number of aliphatic carboxylic acids is 1. The van der Waals surface area contributed by atoms with Crippen molar-refractivity contribution in [2.45, 2.75) is 26.3 Å². The molecule has 1 aromatic rings. The SMILES string of the molecule is CC(C)n1nccc1NC(=O)CNCCC(=O)O. The minimum Gasteiger partial charge on any atom is -0.481 e. The van der Waals surface area contributed by atoms with Crippen LogP contribution in [0.5, 0.6) is 0 Å². The molecule has 0 aromatic carbocycles. The monoisotopic (exact) mass is 254 g/mol. The highest BCUT2D eigenvalue weighted by atomic mass is 16.4. The Bertz CT molecular complexity index is 414. The van der Waals surface area contributed by atoms with Gasteiger partial charge < -0.3 is 15.7 Å². The Morgan fingerprint density at radius 1 is 1.50 bits per heavy atom. The molecule has 3 N–H and O–H groups in total. The zero-order chi connectivity index (χ0) is 13.5. The smallest absolute Gasteiger partial charge is 0.304 e. The van der Waals surface area contributed by atoms with Crippen LogP contribution >= 0.6 is 0 Å². The Balaban J connectivity index is 2.35. The molecule has 0 spiro atoms. The second-order valence-corrected chi connectivity index (χ2v) is 4.12. The van der Waals surface area contributed by atoms with Crippen LogP contribution in [0.3, 0.4) is 0 Å². The first-order valence-electron chi connectivity index (χ1n) is 5.76. The van der Waals surface area contributed by atoms with Gasteiger partial charge in [-0.1, -0.05) is 0 Å². The molecule has 7 heteroatoms. The molecule has 0 atom stereocenters. The van der Waals surface area contributed by atoms with Crippen LogP contribution in [-0.2, 0) is 9.59 Å². The molecule has 7 nitrogen and oxygen atoms in total. The van der Waals surface area contributed by atoms with Crippen LogP contribution in [0, 0.1) is 0 Å². The lowest BCUT2D eigenvalue weighted by Gasteiger charge is -2.11. The standard InChI is InChI=1S/C11H18N4O3/c1-8(2)15-9(3-6-13-15)14-10(16)7-12-5-4-11(17)18/h3,6,8,12H,4-5,7H2,1-2H3,(H,14,16)(H,17,18). The largest absolute Gasteiger partial charge is 0.481 e. The van der Waals surface area contributed by atoms with E-state index >= 15 is 0 Å². The molecule has 0 aliphatic heterocycles. The van der Waals surface area contributed by atoms with Gasteiger partial charge in [0.1, 0.15) is 5.82 Å². The number of carboxylic acids is 1. The predicted octanol–water partition coefficient (Wildman–Crippen LogP) is 0.467. The summed E-state index contributed by atoms with van der Waals surface area (Å²) in [6.45, 7) is 4.28. The quantitative estimate of drug-likeness (QED) is 0.614. The Hall–Kier alpha value is -1.89. The third kappa shape index (κ3) is 4.54. The molecule has 0 unspecified atom stereocenters. The number of carbonyl (C=O) groups excluding carboxylic acids is 1. The predicted molar refractivity (Wildman–Crippen MR) is 66.4 cm³/mol. The van der Waals surface area contributed by atoms with E-state index < -0.39 is 5.97 Å². The van der Waals surface area contributed by atoms with Gasteiger partial charge >= 0.3 is 5.97 Å². The summed E-state index contributed by atoms with van der Waals surface area (Å²) in [5.41, 5.74) is 0. The van der Waals surface area contributed by atoms with Crippen molar-refractivity contribution in [3.63, 3.8) is 0 Å². The fourth-order valence-electron chi connectivity index (χ4n) is 1.41. The van der Waals surface area contributed by atoms with Crippen molar-refractivity contribution in [3.8, 4) is 0 Å². The average Bonchev–Trinajstić information content (AvgIpc) is 2.72. The number of nitrogens with zero attached hydrogens (tertiary/aromatic N) is 2. The number of aromatic nitrogens is 2. The zero-order valence-corrected chi connectivity index (χ0v) is 10.5. The molecule has 1 aromatic heterocycles. The van der Waals surface area contributed by atoms with Crippen LogP contribution in [0.4, 0.5) is 5.82 Å². The van der Waals surface area contributed by atoms with Crippen LogP contribution in [0.2, 0.25) is 0 Å². The normalized spacial score (nSPS) is 10.6. The van der Waals surface area contributed by atoms with Crippen molar-refractivity contribution in [2.75, 3.05) is 18.4 Å². The van der Waals surface area contributed by atoms with Crippen LogP contribution in [0.25, 0.3) is 0 Å². The summed E-state index contributed by atoms with van der Waals surface area (Å²) in [4.78, 5) is 21.8. The van der Waals surface area contributed by atoms with Crippen molar-refractivity contribution < 1.29 is 14.7 Å². The van der Waals surface area contributed by atoms with E-state index in [2.05, 4.69) is 15.7 Å². The topological polar surface area (TPSA) is 96.3 Å². The van der Waals surface area contributed by atoms with E-state index in [4.69, 9.17) is 5.11 Å². The fourth-order valence-corrected chi connectivity index (χ4v) is 1.41. The lowest BCUT2D eigenvalue weighted by molar-refractivity contribution is -0.137. The fraction of sp³-hybridized carbons (Fsp3) is 0.545. The molecule has 100 valence electrons. The number of hydrogen-bond donors (Lipinski definition) is 3. The van der Waals surface area contributed by atoms with Crippen molar-refractivity contribution in [2.24, 2.45) is 0 Å². The summed E-state index contributed by atoms with van der Waals surface area (Å²) in [5, 5.41) is 18.0. The van der Waals surface area contributed by atoms with Gasteiger partial charge in [-0.05, 0) is 13.8 Å². The van der Waals surface area contributed by atoms with Crippen molar-refractivity contribution in [1.82, 2.24) is 15.1 Å². The Kier molecular flexibility index (Phi) is 5.31. The molecule has 0 saturated carbocycles. The van der Waals surface area contributed by atoms with Crippen molar-refractivity contribution in [3.05, 3.63) is 12.3 Å². The van der Waals surface area contributed by atoms with Gasteiger partial charge in [-0.25, -0.2) is 4.68 Å². The third-order valence-electron chi connectivity index (χ3n) is 2.23. The third-order valence-corrected chi connectivity index (χ3v) is 2.23. The van der Waals surface area contributed by atoms with Gasteiger partial charge in [-0.15, -0.1) is 0 Å². The molecular weight excluding hydrogens is 236 g/mol. The minimum atomic E-state index is -0.888. The first-order chi connectivity index (χ1) is 8.50. The van der Waals surface area contributed by atoms with E-state index in [1.165, 1.54) is 0 Å². The maximum atomic E-state index is 11.6. The van der Waals surface area contributed by atoms with E-state index in [9.17, 15) is 9.59 Å². The second kappa shape index (κ2) is 6.75. The highest BCUT2D eigenvalue weighted by Gasteiger charge is 2.09. The van der Waals surface area contributed by atoms with Crippen LogP contribution in [0.1, 0.15) is 26.3 Å². The van der Waals surface area contributed by atoms with Gasteiger partial charge in [0.2, 0.25) is 5.91 Å². The van der Waals surface area contributed by atoms with E-state index in [1.54, 1.807) is 16.9 Å². The Labute approximate surface area is 105 Å². The summed E-state index contributed by atoms with van der Waals surface area (Å²) < 4.78 is 1.70. The Morgan fingerprint density at radius 2 is 2.22 bits per heavy atom. The van der Waals surface area contributed by atoms with Crippen molar-refractivity contribution in [1.29, 1.82) is 0 Å². The number of anilines is 1. The van der Waals surface area contributed by atoms with E-state index in [0.717, 1.165) is 0 Å². The minimum absolute atomic E-state index is 0.00277. The van der Waals surface area contributed by atoms with E-state index in [0.29, 0.717) is 5.82 Å². The Morgan fingerprint density at radius 3 is 2.83 bits per heavy atom. The highest BCUT2D eigenvalue weighted by molar-refractivity contribution is 5.91. The number of rotatable bonds is 7. The first-order valence-corrected chi connectivity index (χ1v) is 5.76. The number of amides is 1. The lowest BCUT2D eigenvalue weighted by atomic mass is 10.4. The maximum Gasteiger partial charge on any atom is 0.304 e. The second-order valence-electron chi connectivity index (χ2n) is 4.12. The molecule has 0 aliphatic rings. The number of carboxylic acid groups (broad SMARTS) is 1. The van der Waals surface area contributed by atoms with E-state index in [-0.39, 0.29) is 31.5 Å². The molecule has 0 radical (unpaired) electrons. The molecule has 0 aliphatic carbocycles. The number of nitrogens with one attached hydrogen (secondary N) is 2. The molecule has 18 heavy (non-hydrogen) atoms. The van der Waals surface area contributed by atoms with Crippen LogP contribution in [0.15, 0.2) is 12.3 Å². The molecule has 1 amide bonds. The number of hydrogen-bond acceptors (Lipinski definition) is 4. The average molecular weight is 254 g/mol. The van der Waals surface area contributed by atoms with Gasteiger partial charge in [0, 0.05) is 18.7 Å². The summed E-state index contributed by atoms with van der Waals surface area (Å²) in [5.74, 6) is -0.474. The summed E-state index contributed by atoms with van der Waals surface area (Å²) in [6, 6.07) is 1.88. The molecule has 0 fully saturated rings. The van der Waals surface area contributed by atoms with Gasteiger partial charge in [-0.3, -0.25) is 9.59 Å². The van der Waals surface area contributed by atoms with Gasteiger partial charge in [-0.2, -0.15) is 5.10 Å². The van der Waals surface area contributed by atoms with Gasteiger partial charge in [0.15, 0.2) is 0 Å². The summed E-state index contributed by atoms with van der Waals surface area (Å²) in [7, 11) is 0. The highest BCUT2D eigenvalue weighted by Crippen LogP contribution is 2.12. The molecule has 0 saturated heterocycles. The molecule has 1 rings (SSSR count). The first kappa shape index (κ1) is 14.2. The molecular formula is C11H18N4O3.